The molecule has 0 aliphatic carbocycles. The van der Waals surface area contributed by atoms with E-state index in [9.17, 15) is 4.79 Å². The van der Waals surface area contributed by atoms with E-state index in [2.05, 4.69) is 5.16 Å². The van der Waals surface area contributed by atoms with E-state index < -0.39 is 5.92 Å². The minimum atomic E-state index is -0.569. The molecule has 0 bridgehead atoms. The molecule has 18 heavy (non-hydrogen) atoms. The first-order chi connectivity index (χ1) is 8.47. The fourth-order valence-electron chi connectivity index (χ4n) is 2.21. The van der Waals surface area contributed by atoms with Crippen LogP contribution in [0.4, 0.5) is 0 Å². The normalized spacial score (nSPS) is 23.9. The van der Waals surface area contributed by atoms with Crippen LogP contribution in [0.15, 0.2) is 5.16 Å². The maximum absolute atomic E-state index is 12.4. The van der Waals surface area contributed by atoms with Gasteiger partial charge < -0.3 is 20.6 Å². The Morgan fingerprint density at radius 2 is 2.22 bits per heavy atom. The summed E-state index contributed by atoms with van der Waals surface area (Å²) in [6.45, 7) is 7.60. The maximum Gasteiger partial charge on any atom is 0.233 e. The average molecular weight is 257 g/mol. The summed E-state index contributed by atoms with van der Waals surface area (Å²) in [6.07, 6.45) is 0.841. The Morgan fingerprint density at radius 3 is 2.78 bits per heavy atom. The lowest BCUT2D eigenvalue weighted by molar-refractivity contribution is -0.135. The number of carbonyl (C=O) groups excluding carboxylic acids is 1. The van der Waals surface area contributed by atoms with Crippen molar-refractivity contribution in [3.63, 3.8) is 0 Å². The fourth-order valence-corrected chi connectivity index (χ4v) is 2.21. The van der Waals surface area contributed by atoms with Crippen LogP contribution in [0.2, 0.25) is 0 Å². The summed E-state index contributed by atoms with van der Waals surface area (Å²) in [5.74, 6) is -0.682. The zero-order valence-electron chi connectivity index (χ0n) is 11.3. The van der Waals surface area contributed by atoms with Crippen LogP contribution in [-0.2, 0) is 9.53 Å². The zero-order chi connectivity index (χ0) is 13.7. The lowest BCUT2D eigenvalue weighted by atomic mass is 9.93. The molecule has 0 radical (unpaired) electrons. The molecule has 0 aromatic heterocycles. The van der Waals surface area contributed by atoms with Crippen molar-refractivity contribution in [3.8, 4) is 0 Å². The molecule has 0 aromatic carbocycles. The standard InChI is InChI=1S/C12H23N3O3/c1-8(2)10(11(13)14-17)12(16)15-5-4-6-18-9(3)7-15/h8-10,17H,4-7H2,1-3H3,(H2,13,14). The van der Waals surface area contributed by atoms with Crippen molar-refractivity contribution in [2.75, 3.05) is 19.7 Å². The molecule has 1 aliphatic heterocycles. The van der Waals surface area contributed by atoms with Gasteiger partial charge in [0.1, 0.15) is 5.92 Å². The monoisotopic (exact) mass is 257 g/mol. The highest BCUT2D eigenvalue weighted by Gasteiger charge is 2.32. The Bertz CT molecular complexity index is 318. The van der Waals surface area contributed by atoms with Gasteiger partial charge in [0.05, 0.1) is 6.10 Å². The quantitative estimate of drug-likeness (QED) is 0.336. The van der Waals surface area contributed by atoms with Crippen molar-refractivity contribution >= 4 is 11.7 Å². The molecule has 1 fully saturated rings. The summed E-state index contributed by atoms with van der Waals surface area (Å²) in [6, 6.07) is 0. The number of amidine groups is 1. The Morgan fingerprint density at radius 1 is 1.56 bits per heavy atom. The van der Waals surface area contributed by atoms with Crippen LogP contribution in [-0.4, -0.2) is 47.7 Å². The molecular weight excluding hydrogens is 234 g/mol. The lowest BCUT2D eigenvalue weighted by Gasteiger charge is -2.28. The van der Waals surface area contributed by atoms with Crippen LogP contribution in [0, 0.1) is 11.8 Å². The summed E-state index contributed by atoms with van der Waals surface area (Å²) >= 11 is 0. The van der Waals surface area contributed by atoms with Crippen molar-refractivity contribution in [2.24, 2.45) is 22.7 Å². The van der Waals surface area contributed by atoms with Gasteiger partial charge in [-0.15, -0.1) is 0 Å². The molecule has 2 unspecified atom stereocenters. The summed E-state index contributed by atoms with van der Waals surface area (Å²) in [4.78, 5) is 14.2. The predicted molar refractivity (Wildman–Crippen MR) is 68.3 cm³/mol. The summed E-state index contributed by atoms with van der Waals surface area (Å²) in [7, 11) is 0. The molecule has 2 atom stereocenters. The van der Waals surface area contributed by atoms with Gasteiger partial charge in [0.15, 0.2) is 5.84 Å². The van der Waals surface area contributed by atoms with Gasteiger partial charge in [0, 0.05) is 19.7 Å². The molecule has 104 valence electrons. The Labute approximate surface area is 108 Å². The van der Waals surface area contributed by atoms with E-state index in [-0.39, 0.29) is 23.8 Å². The smallest absolute Gasteiger partial charge is 0.233 e. The zero-order valence-corrected chi connectivity index (χ0v) is 11.3. The van der Waals surface area contributed by atoms with Crippen LogP contribution >= 0.6 is 0 Å². The molecule has 1 amide bonds. The van der Waals surface area contributed by atoms with Gasteiger partial charge in [-0.05, 0) is 19.3 Å². The van der Waals surface area contributed by atoms with Gasteiger partial charge in [-0.2, -0.15) is 0 Å². The molecule has 3 N–H and O–H groups in total. The molecule has 6 nitrogen and oxygen atoms in total. The van der Waals surface area contributed by atoms with E-state index in [1.54, 1.807) is 4.90 Å². The van der Waals surface area contributed by atoms with Crippen molar-refractivity contribution < 1.29 is 14.7 Å². The lowest BCUT2D eigenvalue weighted by Crippen LogP contribution is -2.46. The third-order valence-electron chi connectivity index (χ3n) is 3.13. The topological polar surface area (TPSA) is 88.2 Å². The molecule has 6 heteroatoms. The molecule has 0 aromatic rings. The van der Waals surface area contributed by atoms with Gasteiger partial charge >= 0.3 is 0 Å². The largest absolute Gasteiger partial charge is 0.409 e. The SMILES string of the molecule is CC1CN(C(=O)C(C(N)=NO)C(C)C)CCCO1. The Hall–Kier alpha value is -1.30. The number of oxime groups is 1. The van der Waals surface area contributed by atoms with Gasteiger partial charge in [-0.3, -0.25) is 4.79 Å². The van der Waals surface area contributed by atoms with Crippen molar-refractivity contribution in [1.29, 1.82) is 0 Å². The van der Waals surface area contributed by atoms with E-state index in [0.717, 1.165) is 6.42 Å². The molecule has 0 saturated carbocycles. The first-order valence-electron chi connectivity index (χ1n) is 6.35. The number of nitrogens with zero attached hydrogens (tertiary/aromatic N) is 2. The molecule has 1 heterocycles. The van der Waals surface area contributed by atoms with E-state index in [0.29, 0.717) is 19.7 Å². The number of hydrogen-bond acceptors (Lipinski definition) is 4. The van der Waals surface area contributed by atoms with Crippen molar-refractivity contribution in [3.05, 3.63) is 0 Å². The van der Waals surface area contributed by atoms with Crippen molar-refractivity contribution in [2.45, 2.75) is 33.3 Å². The van der Waals surface area contributed by atoms with Crippen LogP contribution in [0.1, 0.15) is 27.2 Å². The third-order valence-corrected chi connectivity index (χ3v) is 3.13. The highest BCUT2D eigenvalue weighted by Crippen LogP contribution is 2.17. The molecule has 1 saturated heterocycles. The summed E-state index contributed by atoms with van der Waals surface area (Å²) in [5.41, 5.74) is 5.62. The average Bonchev–Trinajstić information content (AvgIpc) is 2.53. The highest BCUT2D eigenvalue weighted by atomic mass is 16.5. The highest BCUT2D eigenvalue weighted by molar-refractivity contribution is 6.02. The number of carbonyl (C=O) groups is 1. The number of amides is 1. The van der Waals surface area contributed by atoms with E-state index in [1.165, 1.54) is 0 Å². The molecule has 1 rings (SSSR count). The first kappa shape index (κ1) is 14.8. The van der Waals surface area contributed by atoms with E-state index in [1.807, 2.05) is 20.8 Å². The third kappa shape index (κ3) is 3.60. The molecule has 1 aliphatic rings. The van der Waals surface area contributed by atoms with E-state index in [4.69, 9.17) is 15.7 Å². The second-order valence-electron chi connectivity index (χ2n) is 5.07. The maximum atomic E-state index is 12.4. The van der Waals surface area contributed by atoms with Crippen LogP contribution in [0.3, 0.4) is 0 Å². The Kier molecular flexibility index (Phi) is 5.40. The van der Waals surface area contributed by atoms with Crippen LogP contribution in [0.5, 0.6) is 0 Å². The first-order valence-corrected chi connectivity index (χ1v) is 6.35. The number of hydrogen-bond donors (Lipinski definition) is 2. The van der Waals surface area contributed by atoms with Gasteiger partial charge in [-0.1, -0.05) is 19.0 Å². The molecule has 0 spiro atoms. The number of rotatable bonds is 3. The fraction of sp³-hybridized carbons (Fsp3) is 0.833. The van der Waals surface area contributed by atoms with Gasteiger partial charge in [-0.25, -0.2) is 0 Å². The second-order valence-corrected chi connectivity index (χ2v) is 5.07. The predicted octanol–water partition coefficient (Wildman–Crippen LogP) is 0.642. The molecular formula is C12H23N3O3. The summed E-state index contributed by atoms with van der Waals surface area (Å²) in [5, 5.41) is 11.8. The van der Waals surface area contributed by atoms with Crippen LogP contribution in [0.25, 0.3) is 0 Å². The summed E-state index contributed by atoms with van der Waals surface area (Å²) < 4.78 is 5.51. The minimum absolute atomic E-state index is 0.00659. The number of nitrogens with two attached hydrogens (primary N) is 1. The minimum Gasteiger partial charge on any atom is -0.409 e. The van der Waals surface area contributed by atoms with E-state index >= 15 is 0 Å². The van der Waals surface area contributed by atoms with Crippen molar-refractivity contribution in [1.82, 2.24) is 4.90 Å². The van der Waals surface area contributed by atoms with Gasteiger partial charge in [0.2, 0.25) is 5.91 Å². The second kappa shape index (κ2) is 6.58. The van der Waals surface area contributed by atoms with Crippen LogP contribution < -0.4 is 5.73 Å². The van der Waals surface area contributed by atoms with Gasteiger partial charge in [0.25, 0.3) is 0 Å². The number of ether oxygens (including phenoxy) is 1. The Balaban J connectivity index is 2.81.